The van der Waals surface area contributed by atoms with E-state index in [1.807, 2.05) is 0 Å². The Morgan fingerprint density at radius 3 is 2.38 bits per heavy atom. The van der Waals surface area contributed by atoms with Crippen LogP contribution in [-0.4, -0.2) is 51.0 Å². The van der Waals surface area contributed by atoms with Gasteiger partial charge in [-0.05, 0) is 20.3 Å². The van der Waals surface area contributed by atoms with Gasteiger partial charge in [0.25, 0.3) is 0 Å². The highest BCUT2D eigenvalue weighted by atomic mass is 16.5. The van der Waals surface area contributed by atoms with Crippen LogP contribution >= 0.6 is 0 Å². The molecule has 5 heteroatoms. The highest BCUT2D eigenvalue weighted by molar-refractivity contribution is 5.80. The molecule has 0 bridgehead atoms. The third-order valence-corrected chi connectivity index (χ3v) is 5.45. The van der Waals surface area contributed by atoms with E-state index in [4.69, 9.17) is 14.5 Å². The van der Waals surface area contributed by atoms with E-state index in [9.17, 15) is 0 Å². The van der Waals surface area contributed by atoms with Crippen molar-refractivity contribution in [3.8, 4) is 0 Å². The first kappa shape index (κ1) is 16.6. The van der Waals surface area contributed by atoms with Crippen molar-refractivity contribution in [2.24, 2.45) is 15.8 Å². The summed E-state index contributed by atoms with van der Waals surface area (Å²) in [5.74, 6) is 0.904. The smallest absolute Gasteiger partial charge is 0.191 e. The summed E-state index contributed by atoms with van der Waals surface area (Å²) in [6.45, 7) is 14.3. The van der Waals surface area contributed by atoms with E-state index >= 15 is 0 Å². The van der Waals surface area contributed by atoms with Crippen LogP contribution in [0.1, 0.15) is 41.0 Å². The molecular formula is C16H31N3O2. The van der Waals surface area contributed by atoms with Gasteiger partial charge in [0.1, 0.15) is 0 Å². The number of hydrogen-bond acceptors (Lipinski definition) is 3. The van der Waals surface area contributed by atoms with Gasteiger partial charge < -0.3 is 20.1 Å². The molecule has 0 aromatic rings. The van der Waals surface area contributed by atoms with E-state index in [2.05, 4.69) is 45.3 Å². The van der Waals surface area contributed by atoms with E-state index in [-0.39, 0.29) is 16.4 Å². The van der Waals surface area contributed by atoms with Crippen LogP contribution in [0.2, 0.25) is 0 Å². The maximum atomic E-state index is 5.68. The molecule has 2 atom stereocenters. The zero-order valence-electron chi connectivity index (χ0n) is 14.4. The van der Waals surface area contributed by atoms with Gasteiger partial charge in [0.2, 0.25) is 0 Å². The number of rotatable bonds is 5. The molecule has 1 aliphatic heterocycles. The van der Waals surface area contributed by atoms with Gasteiger partial charge >= 0.3 is 0 Å². The average molecular weight is 297 g/mol. The minimum atomic E-state index is -0.0597. The van der Waals surface area contributed by atoms with Crippen molar-refractivity contribution < 1.29 is 9.47 Å². The zero-order chi connectivity index (χ0) is 15.7. The molecule has 2 unspecified atom stereocenters. The summed E-state index contributed by atoms with van der Waals surface area (Å²) in [5, 5.41) is 6.92. The van der Waals surface area contributed by atoms with E-state index in [0.717, 1.165) is 38.7 Å². The zero-order valence-corrected chi connectivity index (χ0v) is 14.4. The van der Waals surface area contributed by atoms with Crippen molar-refractivity contribution in [1.29, 1.82) is 0 Å². The summed E-state index contributed by atoms with van der Waals surface area (Å²) in [5.41, 5.74) is 0.232. The lowest BCUT2D eigenvalue weighted by atomic mass is 9.56. The molecule has 0 spiro atoms. The molecule has 1 saturated carbocycles. The fourth-order valence-electron chi connectivity index (χ4n) is 3.02. The van der Waals surface area contributed by atoms with Crippen molar-refractivity contribution in [1.82, 2.24) is 10.6 Å². The van der Waals surface area contributed by atoms with Gasteiger partial charge in [-0.25, -0.2) is 0 Å². The van der Waals surface area contributed by atoms with Crippen LogP contribution in [-0.2, 0) is 9.47 Å². The molecule has 0 radical (unpaired) electrons. The Kier molecular flexibility index (Phi) is 4.54. The first-order chi connectivity index (χ1) is 9.76. The van der Waals surface area contributed by atoms with Gasteiger partial charge in [-0.3, -0.25) is 4.99 Å². The Bertz CT molecular complexity index is 404. The van der Waals surface area contributed by atoms with Gasteiger partial charge in [-0.2, -0.15) is 0 Å². The monoisotopic (exact) mass is 297 g/mol. The predicted octanol–water partition coefficient (Wildman–Crippen LogP) is 1.78. The highest BCUT2D eigenvalue weighted by Gasteiger charge is 2.58. The Hall–Kier alpha value is -0.810. The fraction of sp³-hybridized carbons (Fsp3) is 0.938. The molecule has 0 aromatic heterocycles. The van der Waals surface area contributed by atoms with E-state index in [1.54, 1.807) is 7.11 Å². The Morgan fingerprint density at radius 1 is 1.29 bits per heavy atom. The largest absolute Gasteiger partial charge is 0.380 e. The summed E-state index contributed by atoms with van der Waals surface area (Å²) in [4.78, 5) is 4.74. The second-order valence-corrected chi connectivity index (χ2v) is 7.56. The van der Waals surface area contributed by atoms with E-state index in [0.29, 0.717) is 6.04 Å². The number of hydrogen-bond donors (Lipinski definition) is 2. The summed E-state index contributed by atoms with van der Waals surface area (Å²) < 4.78 is 11.0. The molecule has 0 amide bonds. The van der Waals surface area contributed by atoms with Crippen molar-refractivity contribution >= 4 is 5.96 Å². The molecule has 21 heavy (non-hydrogen) atoms. The average Bonchev–Trinajstić information content (AvgIpc) is 2.41. The van der Waals surface area contributed by atoms with Crippen LogP contribution < -0.4 is 10.6 Å². The normalized spacial score (nSPS) is 33.8. The summed E-state index contributed by atoms with van der Waals surface area (Å²) in [6, 6.07) is 0.380. The van der Waals surface area contributed by atoms with E-state index < -0.39 is 0 Å². The van der Waals surface area contributed by atoms with Crippen LogP contribution in [0.4, 0.5) is 0 Å². The van der Waals surface area contributed by atoms with E-state index in [1.165, 1.54) is 0 Å². The van der Waals surface area contributed by atoms with Crippen molar-refractivity contribution in [3.63, 3.8) is 0 Å². The maximum absolute atomic E-state index is 5.68. The molecular weight excluding hydrogens is 266 g/mol. The fourth-order valence-corrected chi connectivity index (χ4v) is 3.02. The lowest BCUT2D eigenvalue weighted by Crippen LogP contribution is -2.69. The summed E-state index contributed by atoms with van der Waals surface area (Å²) in [7, 11) is 1.80. The molecule has 2 N–H and O–H groups in total. The maximum Gasteiger partial charge on any atom is 0.191 e. The Labute approximate surface area is 128 Å². The van der Waals surface area contributed by atoms with Crippen LogP contribution in [0.25, 0.3) is 0 Å². The first-order valence-electron chi connectivity index (χ1n) is 7.94. The van der Waals surface area contributed by atoms with Crippen molar-refractivity contribution in [3.05, 3.63) is 0 Å². The molecule has 122 valence electrons. The molecule has 1 saturated heterocycles. The van der Waals surface area contributed by atoms with Gasteiger partial charge in [-0.1, -0.05) is 20.8 Å². The molecule has 2 rings (SSSR count). The number of ether oxygens (including phenoxy) is 2. The van der Waals surface area contributed by atoms with Gasteiger partial charge in [0, 0.05) is 30.5 Å². The van der Waals surface area contributed by atoms with Gasteiger partial charge in [0.15, 0.2) is 5.96 Å². The third kappa shape index (κ3) is 3.04. The number of nitrogens with one attached hydrogen (secondary N) is 2. The molecule has 0 aromatic carbocycles. The molecule has 2 aliphatic rings. The topological polar surface area (TPSA) is 54.9 Å². The lowest BCUT2D eigenvalue weighted by molar-refractivity contribution is -0.176. The van der Waals surface area contributed by atoms with Crippen LogP contribution in [0.15, 0.2) is 4.99 Å². The quantitative estimate of drug-likeness (QED) is 0.600. The highest BCUT2D eigenvalue weighted by Crippen LogP contribution is 2.51. The Morgan fingerprint density at radius 2 is 1.95 bits per heavy atom. The predicted molar refractivity (Wildman–Crippen MR) is 85.6 cm³/mol. The SMILES string of the molecule is CCNC(=NCC1(C)COC1)NC1CC(C)(OC)C1(C)C. The van der Waals surface area contributed by atoms with Gasteiger partial charge in [0.05, 0.1) is 25.4 Å². The van der Waals surface area contributed by atoms with Crippen LogP contribution in [0.5, 0.6) is 0 Å². The van der Waals surface area contributed by atoms with Crippen LogP contribution in [0.3, 0.4) is 0 Å². The summed E-state index contributed by atoms with van der Waals surface area (Å²) >= 11 is 0. The molecule has 2 fully saturated rings. The summed E-state index contributed by atoms with van der Waals surface area (Å²) in [6.07, 6.45) is 1.00. The number of nitrogens with zero attached hydrogens (tertiary/aromatic N) is 1. The second-order valence-electron chi connectivity index (χ2n) is 7.56. The molecule has 1 heterocycles. The van der Waals surface area contributed by atoms with Crippen molar-refractivity contribution in [2.45, 2.75) is 52.7 Å². The minimum Gasteiger partial charge on any atom is -0.380 e. The number of guanidine groups is 1. The number of methoxy groups -OCH3 is 1. The second kappa shape index (κ2) is 5.76. The minimum absolute atomic E-state index is 0.0597. The molecule has 5 nitrogen and oxygen atoms in total. The van der Waals surface area contributed by atoms with Crippen molar-refractivity contribution in [2.75, 3.05) is 33.4 Å². The van der Waals surface area contributed by atoms with Gasteiger partial charge in [-0.15, -0.1) is 0 Å². The lowest BCUT2D eigenvalue weighted by Gasteiger charge is -2.59. The third-order valence-electron chi connectivity index (χ3n) is 5.45. The first-order valence-corrected chi connectivity index (χ1v) is 7.94. The standard InChI is InChI=1S/C16H31N3O2/c1-7-17-13(18-9-15(4)10-21-11-15)19-12-8-16(5,20-6)14(12,2)3/h12H,7-11H2,1-6H3,(H2,17,18,19). The Balaban J connectivity index is 1.96. The molecule has 1 aliphatic carbocycles. The number of aliphatic imine (C=N–C) groups is 1. The van der Waals surface area contributed by atoms with Crippen LogP contribution in [0, 0.1) is 10.8 Å².